The Morgan fingerprint density at radius 1 is 1.29 bits per heavy atom. The number of carbonyl (C=O) groups is 1. The van der Waals surface area contributed by atoms with Gasteiger partial charge in [-0.1, -0.05) is 5.16 Å². The van der Waals surface area contributed by atoms with E-state index in [4.69, 9.17) is 4.52 Å². The van der Waals surface area contributed by atoms with E-state index in [9.17, 15) is 4.79 Å². The highest BCUT2D eigenvalue weighted by molar-refractivity contribution is 5.97. The second kappa shape index (κ2) is 5.15. The molecular formula is C17H17N5O2. The molecule has 1 aliphatic heterocycles. The fourth-order valence-corrected chi connectivity index (χ4v) is 3.39. The molecule has 122 valence electrons. The average molecular weight is 323 g/mol. The third-order valence-corrected chi connectivity index (χ3v) is 4.86. The maximum absolute atomic E-state index is 13.0. The Morgan fingerprint density at radius 2 is 2.21 bits per heavy atom. The molecule has 1 atom stereocenters. The zero-order valence-electron chi connectivity index (χ0n) is 13.1. The molecule has 3 heterocycles. The molecule has 3 aromatic rings. The Bertz CT molecular complexity index is 910. The van der Waals surface area contributed by atoms with Crippen molar-refractivity contribution in [1.82, 2.24) is 25.0 Å². The van der Waals surface area contributed by atoms with Gasteiger partial charge in [0.15, 0.2) is 5.82 Å². The lowest BCUT2D eigenvalue weighted by Crippen LogP contribution is -2.31. The van der Waals surface area contributed by atoms with Crippen LogP contribution in [-0.4, -0.2) is 37.5 Å². The van der Waals surface area contributed by atoms with E-state index in [0.29, 0.717) is 17.3 Å². The van der Waals surface area contributed by atoms with Gasteiger partial charge in [-0.2, -0.15) is 4.98 Å². The van der Waals surface area contributed by atoms with Crippen molar-refractivity contribution in [3.05, 3.63) is 41.8 Å². The number of benzene rings is 1. The summed E-state index contributed by atoms with van der Waals surface area (Å²) in [7, 11) is 0. The van der Waals surface area contributed by atoms with E-state index >= 15 is 0 Å². The highest BCUT2D eigenvalue weighted by Gasteiger charge is 2.36. The SMILES string of the molecule is O=C(c1ccc2nc[nH]c2c1)N1CCCC1c1noc(C2CC2)n1. The monoisotopic (exact) mass is 323 g/mol. The number of hydrogen-bond acceptors (Lipinski definition) is 5. The van der Waals surface area contributed by atoms with Crippen molar-refractivity contribution in [3.63, 3.8) is 0 Å². The highest BCUT2D eigenvalue weighted by Crippen LogP contribution is 2.40. The normalized spacial score (nSPS) is 20.8. The summed E-state index contributed by atoms with van der Waals surface area (Å²) in [6.07, 6.45) is 5.71. The Morgan fingerprint density at radius 3 is 3.08 bits per heavy atom. The van der Waals surface area contributed by atoms with Crippen molar-refractivity contribution >= 4 is 16.9 Å². The summed E-state index contributed by atoms with van der Waals surface area (Å²) in [5, 5.41) is 4.13. The van der Waals surface area contributed by atoms with Gasteiger partial charge in [0.25, 0.3) is 5.91 Å². The van der Waals surface area contributed by atoms with Crippen molar-refractivity contribution in [1.29, 1.82) is 0 Å². The summed E-state index contributed by atoms with van der Waals surface area (Å²) in [5.74, 6) is 1.81. The van der Waals surface area contributed by atoms with E-state index < -0.39 is 0 Å². The molecule has 24 heavy (non-hydrogen) atoms. The van der Waals surface area contributed by atoms with Crippen molar-refractivity contribution in [2.45, 2.75) is 37.6 Å². The van der Waals surface area contributed by atoms with Crippen LogP contribution in [-0.2, 0) is 0 Å². The number of likely N-dealkylation sites (tertiary alicyclic amines) is 1. The van der Waals surface area contributed by atoms with Gasteiger partial charge in [0.2, 0.25) is 5.89 Å². The minimum Gasteiger partial charge on any atom is -0.345 e. The molecule has 1 aliphatic carbocycles. The molecule has 2 aromatic heterocycles. The lowest BCUT2D eigenvalue weighted by molar-refractivity contribution is 0.0728. The van der Waals surface area contributed by atoms with Crippen LogP contribution in [0.4, 0.5) is 0 Å². The summed E-state index contributed by atoms with van der Waals surface area (Å²) >= 11 is 0. The standard InChI is InChI=1S/C17H17N5O2/c23-17(11-5-6-12-13(8-11)19-9-18-12)22-7-1-2-14(22)15-20-16(24-21-15)10-3-4-10/h5-6,8-10,14H,1-4,7H2,(H,18,19). The lowest BCUT2D eigenvalue weighted by Gasteiger charge is -2.22. The van der Waals surface area contributed by atoms with Crippen molar-refractivity contribution in [3.8, 4) is 0 Å². The third-order valence-electron chi connectivity index (χ3n) is 4.86. The number of aromatic amines is 1. The quantitative estimate of drug-likeness (QED) is 0.800. The van der Waals surface area contributed by atoms with Crippen LogP contribution in [0.15, 0.2) is 29.0 Å². The van der Waals surface area contributed by atoms with E-state index in [1.54, 1.807) is 6.33 Å². The van der Waals surface area contributed by atoms with Crippen molar-refractivity contribution in [2.24, 2.45) is 0 Å². The topological polar surface area (TPSA) is 87.9 Å². The van der Waals surface area contributed by atoms with Gasteiger partial charge in [0.1, 0.15) is 0 Å². The number of nitrogens with one attached hydrogen (secondary N) is 1. The molecule has 1 saturated heterocycles. The number of aromatic nitrogens is 4. The maximum atomic E-state index is 13.0. The number of amides is 1. The molecule has 7 nitrogen and oxygen atoms in total. The maximum Gasteiger partial charge on any atom is 0.254 e. The first-order valence-corrected chi connectivity index (χ1v) is 8.37. The molecule has 2 fully saturated rings. The molecule has 2 aliphatic rings. The van der Waals surface area contributed by atoms with Crippen LogP contribution in [0, 0.1) is 0 Å². The van der Waals surface area contributed by atoms with Crippen LogP contribution in [0.5, 0.6) is 0 Å². The van der Waals surface area contributed by atoms with Crippen LogP contribution >= 0.6 is 0 Å². The number of imidazole rings is 1. The van der Waals surface area contributed by atoms with Gasteiger partial charge in [-0.25, -0.2) is 4.98 Å². The Hall–Kier alpha value is -2.70. The lowest BCUT2D eigenvalue weighted by atomic mass is 10.1. The Labute approximate surface area is 138 Å². The molecule has 0 bridgehead atoms. The van der Waals surface area contributed by atoms with Crippen LogP contribution in [0.1, 0.15) is 59.7 Å². The molecular weight excluding hydrogens is 306 g/mol. The van der Waals surface area contributed by atoms with Crippen LogP contribution in [0.25, 0.3) is 11.0 Å². The predicted molar refractivity (Wildman–Crippen MR) is 85.4 cm³/mol. The van der Waals surface area contributed by atoms with Crippen molar-refractivity contribution in [2.75, 3.05) is 6.54 Å². The number of H-pyrrole nitrogens is 1. The smallest absolute Gasteiger partial charge is 0.254 e. The fraction of sp³-hybridized carbons (Fsp3) is 0.412. The Balaban J connectivity index is 1.43. The first-order chi connectivity index (χ1) is 11.8. The average Bonchev–Trinajstić information content (AvgIpc) is 3.06. The Kier molecular flexibility index (Phi) is 2.95. The van der Waals surface area contributed by atoms with Crippen LogP contribution < -0.4 is 0 Å². The van der Waals surface area contributed by atoms with Gasteiger partial charge in [0, 0.05) is 18.0 Å². The molecule has 1 saturated carbocycles. The number of hydrogen-bond donors (Lipinski definition) is 1. The minimum atomic E-state index is -0.0915. The van der Waals surface area contributed by atoms with E-state index in [1.807, 2.05) is 23.1 Å². The van der Waals surface area contributed by atoms with Crippen molar-refractivity contribution < 1.29 is 9.32 Å². The summed E-state index contributed by atoms with van der Waals surface area (Å²) < 4.78 is 5.37. The second-order valence-corrected chi connectivity index (χ2v) is 6.56. The largest absolute Gasteiger partial charge is 0.345 e. The number of nitrogens with zero attached hydrogens (tertiary/aromatic N) is 4. The van der Waals surface area contributed by atoms with Gasteiger partial charge >= 0.3 is 0 Å². The summed E-state index contributed by atoms with van der Waals surface area (Å²) in [4.78, 5) is 26.6. The molecule has 0 spiro atoms. The first kappa shape index (κ1) is 13.7. The zero-order chi connectivity index (χ0) is 16.1. The van der Waals surface area contributed by atoms with E-state index in [-0.39, 0.29) is 11.9 Å². The molecule has 1 N–H and O–H groups in total. The van der Waals surface area contributed by atoms with Gasteiger partial charge in [0.05, 0.1) is 23.4 Å². The van der Waals surface area contributed by atoms with E-state index in [1.165, 1.54) is 0 Å². The summed E-state index contributed by atoms with van der Waals surface area (Å²) in [6.45, 7) is 0.720. The first-order valence-electron chi connectivity index (χ1n) is 8.37. The third kappa shape index (κ3) is 2.19. The molecule has 1 aromatic carbocycles. The fourth-order valence-electron chi connectivity index (χ4n) is 3.39. The highest BCUT2D eigenvalue weighted by atomic mass is 16.5. The molecule has 0 radical (unpaired) electrons. The van der Waals surface area contributed by atoms with Crippen LogP contribution in [0.2, 0.25) is 0 Å². The van der Waals surface area contributed by atoms with Gasteiger partial charge in [-0.15, -0.1) is 0 Å². The summed E-state index contributed by atoms with van der Waals surface area (Å²) in [5.41, 5.74) is 2.38. The predicted octanol–water partition coefficient (Wildman–Crippen LogP) is 2.80. The molecule has 5 rings (SSSR count). The molecule has 7 heteroatoms. The van der Waals surface area contributed by atoms with E-state index in [0.717, 1.165) is 49.2 Å². The van der Waals surface area contributed by atoms with E-state index in [2.05, 4.69) is 20.1 Å². The molecule has 1 unspecified atom stereocenters. The number of fused-ring (bicyclic) bond motifs is 1. The van der Waals surface area contributed by atoms with Gasteiger partial charge in [-0.3, -0.25) is 4.79 Å². The zero-order valence-corrected chi connectivity index (χ0v) is 13.1. The van der Waals surface area contributed by atoms with Crippen LogP contribution in [0.3, 0.4) is 0 Å². The minimum absolute atomic E-state index is 0.00627. The van der Waals surface area contributed by atoms with Gasteiger partial charge < -0.3 is 14.4 Å². The van der Waals surface area contributed by atoms with Gasteiger partial charge in [-0.05, 0) is 43.9 Å². The molecule has 1 amide bonds. The second-order valence-electron chi connectivity index (χ2n) is 6.56. The number of carbonyl (C=O) groups excluding carboxylic acids is 1. The number of rotatable bonds is 3. The summed E-state index contributed by atoms with van der Waals surface area (Å²) in [6, 6.07) is 5.45.